The molecule has 1 fully saturated rings. The number of benzene rings is 2. The molecule has 0 spiro atoms. The number of nitrogens with one attached hydrogen (secondary N) is 2. The summed E-state index contributed by atoms with van der Waals surface area (Å²) in [4.78, 5) is 21.6. The molecule has 1 aliphatic rings. The van der Waals surface area contributed by atoms with Crippen LogP contribution in [-0.4, -0.2) is 16.0 Å². The van der Waals surface area contributed by atoms with Gasteiger partial charge < -0.3 is 14.2 Å². The van der Waals surface area contributed by atoms with E-state index in [4.69, 9.17) is 25.2 Å². The molecule has 144 valence electrons. The molecule has 0 amide bonds. The highest BCUT2D eigenvalue weighted by Crippen LogP contribution is 2.45. The Bertz CT molecular complexity index is 760. The van der Waals surface area contributed by atoms with Crippen molar-refractivity contribution in [2.24, 2.45) is 5.41 Å². The van der Waals surface area contributed by atoms with E-state index >= 15 is 0 Å². The molecular formula is C17H21N3O6P+. The highest BCUT2D eigenvalue weighted by atomic mass is 31.2. The smallest absolute Gasteiger partial charge is 0.481 e. The molecule has 0 unspecified atom stereocenters. The van der Waals surface area contributed by atoms with Crippen LogP contribution in [-0.2, 0) is 9.36 Å². The Kier molecular flexibility index (Phi) is 8.35. The van der Waals surface area contributed by atoms with E-state index < -0.39 is 13.8 Å². The Morgan fingerprint density at radius 1 is 1.00 bits per heavy atom. The SMILES string of the molecule is CC1(C(=O)O)CC1.N=[N+]=N.O=P(O)(Oc1ccccc1)Oc1ccccc1. The highest BCUT2D eigenvalue weighted by molar-refractivity contribution is 7.48. The van der Waals surface area contributed by atoms with E-state index in [1.54, 1.807) is 67.6 Å². The molecule has 27 heavy (non-hydrogen) atoms. The number of phosphoric acid groups is 1. The molecule has 0 atom stereocenters. The maximum absolute atomic E-state index is 11.7. The monoisotopic (exact) mass is 394 g/mol. The number of para-hydroxylation sites is 2. The predicted octanol–water partition coefficient (Wildman–Crippen LogP) is 4.23. The Morgan fingerprint density at radius 2 is 1.33 bits per heavy atom. The number of aliphatic carboxylic acids is 1. The summed E-state index contributed by atoms with van der Waals surface area (Å²) in [6, 6.07) is 16.7. The first-order valence-electron chi connectivity index (χ1n) is 7.81. The third-order valence-electron chi connectivity index (χ3n) is 3.44. The Morgan fingerprint density at radius 3 is 1.56 bits per heavy atom. The third kappa shape index (κ3) is 8.78. The highest BCUT2D eigenvalue weighted by Gasteiger charge is 2.44. The van der Waals surface area contributed by atoms with Crippen LogP contribution in [0.15, 0.2) is 60.7 Å². The summed E-state index contributed by atoms with van der Waals surface area (Å²) in [5, 5.41) is 8.31. The molecule has 0 aliphatic heterocycles. The van der Waals surface area contributed by atoms with Crippen LogP contribution < -0.4 is 14.0 Å². The van der Waals surface area contributed by atoms with Crippen molar-refractivity contribution in [3.05, 3.63) is 60.7 Å². The van der Waals surface area contributed by atoms with E-state index in [1.165, 1.54) is 0 Å². The summed E-state index contributed by atoms with van der Waals surface area (Å²) in [7, 11) is -4.14. The van der Waals surface area contributed by atoms with E-state index in [0.29, 0.717) is 0 Å². The molecule has 2 aromatic carbocycles. The molecule has 1 aliphatic carbocycles. The zero-order valence-corrected chi connectivity index (χ0v) is 15.5. The first-order chi connectivity index (χ1) is 12.7. The molecule has 4 N–H and O–H groups in total. The van der Waals surface area contributed by atoms with Crippen LogP contribution in [0.2, 0.25) is 0 Å². The van der Waals surface area contributed by atoms with Crippen LogP contribution in [0.5, 0.6) is 11.5 Å². The molecule has 0 saturated heterocycles. The van der Waals surface area contributed by atoms with Gasteiger partial charge in [-0.2, -0.15) is 0 Å². The first-order valence-corrected chi connectivity index (χ1v) is 9.30. The minimum absolute atomic E-state index is 0.286. The fourth-order valence-corrected chi connectivity index (χ4v) is 2.46. The maximum atomic E-state index is 11.7. The summed E-state index contributed by atoms with van der Waals surface area (Å²) in [5.74, 6) is -0.0731. The second kappa shape index (κ2) is 10.2. The largest absolute Gasteiger partial charge is 0.584 e. The fraction of sp³-hybridized carbons (Fsp3) is 0.235. The zero-order chi connectivity index (χ0) is 20.3. The number of hydrogen-bond donors (Lipinski definition) is 4. The van der Waals surface area contributed by atoms with Crippen LogP contribution in [0.1, 0.15) is 19.8 Å². The van der Waals surface area contributed by atoms with E-state index in [0.717, 1.165) is 12.8 Å². The van der Waals surface area contributed by atoms with Gasteiger partial charge in [-0.05, 0) is 44.0 Å². The van der Waals surface area contributed by atoms with Gasteiger partial charge in [0.15, 0.2) is 0 Å². The number of carboxylic acids is 1. The van der Waals surface area contributed by atoms with Crippen molar-refractivity contribution in [1.82, 2.24) is 4.91 Å². The second-order valence-electron chi connectivity index (χ2n) is 5.75. The van der Waals surface area contributed by atoms with Crippen LogP contribution in [0.25, 0.3) is 0 Å². The van der Waals surface area contributed by atoms with E-state index in [9.17, 15) is 14.3 Å². The molecule has 1 saturated carbocycles. The molecule has 0 radical (unpaired) electrons. The Hall–Kier alpha value is -2.99. The van der Waals surface area contributed by atoms with E-state index in [1.807, 2.05) is 4.91 Å². The second-order valence-corrected chi connectivity index (χ2v) is 7.06. The van der Waals surface area contributed by atoms with Crippen molar-refractivity contribution in [3.8, 4) is 11.5 Å². The summed E-state index contributed by atoms with van der Waals surface area (Å²) in [6.45, 7) is 1.77. The summed E-state index contributed by atoms with van der Waals surface area (Å²) in [5.41, 5.74) is 10.7. The van der Waals surface area contributed by atoms with Gasteiger partial charge in [0, 0.05) is 0 Å². The van der Waals surface area contributed by atoms with Crippen LogP contribution in [0, 0.1) is 16.5 Å². The van der Waals surface area contributed by atoms with Gasteiger partial charge in [-0.3, -0.25) is 9.69 Å². The number of phosphoric ester groups is 1. The van der Waals surface area contributed by atoms with Crippen molar-refractivity contribution in [2.45, 2.75) is 19.8 Å². The zero-order valence-electron chi connectivity index (χ0n) is 14.6. The average molecular weight is 394 g/mol. The van der Waals surface area contributed by atoms with Gasteiger partial charge in [-0.25, -0.2) is 4.57 Å². The van der Waals surface area contributed by atoms with Crippen LogP contribution in [0.4, 0.5) is 0 Å². The fourth-order valence-electron chi connectivity index (χ4n) is 1.65. The summed E-state index contributed by atoms with van der Waals surface area (Å²) < 4.78 is 21.5. The normalized spacial score (nSPS) is 13.4. The molecule has 3 rings (SSSR count). The van der Waals surface area contributed by atoms with E-state index in [-0.39, 0.29) is 16.9 Å². The van der Waals surface area contributed by atoms with Gasteiger partial charge in [0.05, 0.1) is 5.41 Å². The minimum atomic E-state index is -4.14. The van der Waals surface area contributed by atoms with Gasteiger partial charge in [-0.1, -0.05) is 36.4 Å². The van der Waals surface area contributed by atoms with Gasteiger partial charge in [-0.15, -0.1) is 0 Å². The molecule has 2 aromatic rings. The van der Waals surface area contributed by atoms with Crippen molar-refractivity contribution < 1.29 is 28.4 Å². The molecule has 0 aromatic heterocycles. The number of nitrogens with zero attached hydrogens (tertiary/aromatic N) is 1. The van der Waals surface area contributed by atoms with Crippen LogP contribution >= 0.6 is 7.82 Å². The number of carbonyl (C=O) groups is 1. The van der Waals surface area contributed by atoms with Crippen molar-refractivity contribution in [3.63, 3.8) is 0 Å². The lowest BCUT2D eigenvalue weighted by Gasteiger charge is -2.13. The Balaban J connectivity index is 0.000000301. The average Bonchev–Trinajstić information content (AvgIpc) is 3.36. The molecule has 0 heterocycles. The minimum Gasteiger partial charge on any atom is -0.481 e. The lowest BCUT2D eigenvalue weighted by Crippen LogP contribution is -2.08. The van der Waals surface area contributed by atoms with Crippen molar-refractivity contribution >= 4 is 13.8 Å². The predicted molar refractivity (Wildman–Crippen MR) is 96.5 cm³/mol. The molecule has 9 nitrogen and oxygen atoms in total. The van der Waals surface area contributed by atoms with Gasteiger partial charge in [0.25, 0.3) is 0 Å². The summed E-state index contributed by atoms with van der Waals surface area (Å²) >= 11 is 0. The standard InChI is InChI=1S/C12H11O4P.C5H8O2.H2N3/c13-17(14,15-11-7-3-1-4-8-11)16-12-9-5-2-6-10-12;1-5(2-3-5)4(6)7;1-3-2/h1-10H,(H,13,14);2-3H2,1H3,(H,6,7);1-2H/q;;+1. The third-order valence-corrected chi connectivity index (χ3v) is 4.33. The molecular weight excluding hydrogens is 373 g/mol. The Labute approximate surface area is 156 Å². The van der Waals surface area contributed by atoms with Crippen LogP contribution in [0.3, 0.4) is 0 Å². The topological polar surface area (TPSA) is 155 Å². The first kappa shape index (κ1) is 22.1. The van der Waals surface area contributed by atoms with Gasteiger partial charge in [0.2, 0.25) is 4.91 Å². The molecule has 10 heteroatoms. The van der Waals surface area contributed by atoms with Crippen molar-refractivity contribution in [2.75, 3.05) is 0 Å². The lowest BCUT2D eigenvalue weighted by atomic mass is 10.2. The number of hydrogen-bond acceptors (Lipinski definition) is 6. The number of carboxylic acid groups (broad SMARTS) is 1. The van der Waals surface area contributed by atoms with Gasteiger partial charge in [0.1, 0.15) is 22.6 Å². The summed E-state index contributed by atoms with van der Waals surface area (Å²) in [6.07, 6.45) is 1.73. The van der Waals surface area contributed by atoms with Gasteiger partial charge >= 0.3 is 13.8 Å². The maximum Gasteiger partial charge on any atom is 0.584 e. The number of rotatable bonds is 5. The quantitative estimate of drug-likeness (QED) is 0.338. The van der Waals surface area contributed by atoms with E-state index in [2.05, 4.69) is 0 Å². The molecule has 0 bridgehead atoms. The lowest BCUT2D eigenvalue weighted by molar-refractivity contribution is -0.142. The van der Waals surface area contributed by atoms with Crippen molar-refractivity contribution in [1.29, 1.82) is 11.1 Å².